The topological polar surface area (TPSA) is 58.6 Å². The Hall–Kier alpha value is -0.970. The van der Waals surface area contributed by atoms with E-state index in [1.54, 1.807) is 7.11 Å². The minimum absolute atomic E-state index is 0. The SMILES string of the molecule is CCNC(=NCc1cc(Cl)c(OCC)c(OC)c1)N1CCC(N2CCOCC2)C1.I. The molecule has 0 radical (unpaired) electrons. The van der Waals surface area contributed by atoms with Gasteiger partial charge >= 0.3 is 0 Å². The Morgan fingerprint density at radius 2 is 2.03 bits per heavy atom. The summed E-state index contributed by atoms with van der Waals surface area (Å²) in [6, 6.07) is 4.43. The Labute approximate surface area is 202 Å². The summed E-state index contributed by atoms with van der Waals surface area (Å²) in [5.41, 5.74) is 0.995. The van der Waals surface area contributed by atoms with E-state index in [-0.39, 0.29) is 24.0 Å². The molecule has 2 saturated heterocycles. The molecule has 1 atom stereocenters. The van der Waals surface area contributed by atoms with Gasteiger partial charge in [-0.25, -0.2) is 4.99 Å². The molecule has 0 bridgehead atoms. The smallest absolute Gasteiger partial charge is 0.194 e. The van der Waals surface area contributed by atoms with E-state index >= 15 is 0 Å². The van der Waals surface area contributed by atoms with Crippen molar-refractivity contribution < 1.29 is 14.2 Å². The third-order valence-corrected chi connectivity index (χ3v) is 5.63. The molecule has 0 aromatic heterocycles. The van der Waals surface area contributed by atoms with E-state index in [1.807, 2.05) is 19.1 Å². The van der Waals surface area contributed by atoms with Crippen LogP contribution in [0.1, 0.15) is 25.8 Å². The zero-order chi connectivity index (χ0) is 20.6. The molecule has 1 aromatic rings. The summed E-state index contributed by atoms with van der Waals surface area (Å²) < 4.78 is 16.5. The van der Waals surface area contributed by atoms with Crippen molar-refractivity contribution in [3.05, 3.63) is 22.7 Å². The Balaban J connectivity index is 0.00000320. The first-order valence-electron chi connectivity index (χ1n) is 10.5. The molecule has 2 aliphatic heterocycles. The number of guanidine groups is 1. The maximum Gasteiger partial charge on any atom is 0.194 e. The number of aliphatic imine (C=N–C) groups is 1. The molecule has 7 nitrogen and oxygen atoms in total. The van der Waals surface area contributed by atoms with E-state index in [0.29, 0.717) is 35.7 Å². The number of likely N-dealkylation sites (tertiary alicyclic amines) is 1. The number of benzene rings is 1. The Morgan fingerprint density at radius 1 is 1.27 bits per heavy atom. The van der Waals surface area contributed by atoms with Crippen molar-refractivity contribution in [1.82, 2.24) is 15.1 Å². The molecule has 2 aliphatic rings. The number of morpholine rings is 1. The fourth-order valence-corrected chi connectivity index (χ4v) is 4.20. The van der Waals surface area contributed by atoms with E-state index in [4.69, 9.17) is 30.8 Å². The van der Waals surface area contributed by atoms with Crippen molar-refractivity contribution in [2.24, 2.45) is 4.99 Å². The second-order valence-electron chi connectivity index (χ2n) is 7.25. The molecule has 0 amide bonds. The van der Waals surface area contributed by atoms with Crippen LogP contribution in [0.2, 0.25) is 5.02 Å². The molecule has 3 rings (SSSR count). The van der Waals surface area contributed by atoms with Gasteiger partial charge in [-0.05, 0) is 38.0 Å². The van der Waals surface area contributed by atoms with Gasteiger partial charge in [0.05, 0.1) is 38.5 Å². The summed E-state index contributed by atoms with van der Waals surface area (Å²) in [6.45, 7) is 11.7. The van der Waals surface area contributed by atoms with Gasteiger partial charge in [-0.15, -0.1) is 24.0 Å². The molecule has 0 spiro atoms. The molecule has 1 aromatic carbocycles. The summed E-state index contributed by atoms with van der Waals surface area (Å²) in [6.07, 6.45) is 1.16. The molecular weight excluding hydrogens is 519 g/mol. The number of rotatable bonds is 7. The maximum atomic E-state index is 6.41. The number of methoxy groups -OCH3 is 1. The maximum absolute atomic E-state index is 6.41. The summed E-state index contributed by atoms with van der Waals surface area (Å²) >= 11 is 6.41. The van der Waals surface area contributed by atoms with Crippen molar-refractivity contribution in [3.8, 4) is 11.5 Å². The van der Waals surface area contributed by atoms with Crippen LogP contribution in [0.15, 0.2) is 17.1 Å². The number of halogens is 2. The predicted octanol–water partition coefficient (Wildman–Crippen LogP) is 3.24. The lowest BCUT2D eigenvalue weighted by Gasteiger charge is -2.32. The highest BCUT2D eigenvalue weighted by atomic mass is 127. The molecular formula is C21H34ClIN4O3. The van der Waals surface area contributed by atoms with Crippen molar-refractivity contribution in [2.75, 3.05) is 59.7 Å². The summed E-state index contributed by atoms with van der Waals surface area (Å²) in [5, 5.41) is 3.99. The van der Waals surface area contributed by atoms with Crippen molar-refractivity contribution >= 4 is 41.5 Å². The van der Waals surface area contributed by atoms with E-state index in [0.717, 1.165) is 63.9 Å². The highest BCUT2D eigenvalue weighted by Gasteiger charge is 2.30. The number of ether oxygens (including phenoxy) is 3. The normalized spacial score (nSPS) is 20.1. The first-order valence-corrected chi connectivity index (χ1v) is 10.9. The van der Waals surface area contributed by atoms with Crippen LogP contribution < -0.4 is 14.8 Å². The average molecular weight is 553 g/mol. The van der Waals surface area contributed by atoms with Crippen LogP contribution in [-0.2, 0) is 11.3 Å². The second kappa shape index (κ2) is 12.8. The van der Waals surface area contributed by atoms with E-state index in [9.17, 15) is 0 Å². The van der Waals surface area contributed by atoms with Crippen LogP contribution in [-0.4, -0.2) is 81.5 Å². The standard InChI is InChI=1S/C21H33ClN4O3.HI/c1-4-23-21(26-7-6-17(15-26)25-8-10-28-11-9-25)24-14-16-12-18(22)20(29-5-2)19(13-16)27-3;/h12-13,17H,4-11,14-15H2,1-3H3,(H,23,24);1H. The zero-order valence-electron chi connectivity index (χ0n) is 18.2. The first-order chi connectivity index (χ1) is 14.2. The highest BCUT2D eigenvalue weighted by molar-refractivity contribution is 14.0. The average Bonchev–Trinajstić information content (AvgIpc) is 3.23. The van der Waals surface area contributed by atoms with E-state index < -0.39 is 0 Å². The van der Waals surface area contributed by atoms with Crippen molar-refractivity contribution in [2.45, 2.75) is 32.9 Å². The molecule has 0 saturated carbocycles. The number of nitrogens with one attached hydrogen (secondary N) is 1. The molecule has 0 aliphatic carbocycles. The largest absolute Gasteiger partial charge is 0.493 e. The third kappa shape index (κ3) is 6.51. The van der Waals surface area contributed by atoms with Gasteiger partial charge in [0.1, 0.15) is 0 Å². The summed E-state index contributed by atoms with van der Waals surface area (Å²) in [7, 11) is 1.63. The monoisotopic (exact) mass is 552 g/mol. The number of hydrogen-bond acceptors (Lipinski definition) is 5. The zero-order valence-corrected chi connectivity index (χ0v) is 21.2. The molecule has 9 heteroatoms. The highest BCUT2D eigenvalue weighted by Crippen LogP contribution is 2.36. The lowest BCUT2D eigenvalue weighted by molar-refractivity contribution is 0.0195. The predicted molar refractivity (Wildman–Crippen MR) is 132 cm³/mol. The lowest BCUT2D eigenvalue weighted by atomic mass is 10.2. The molecule has 1 N–H and O–H groups in total. The van der Waals surface area contributed by atoms with Crippen molar-refractivity contribution in [3.63, 3.8) is 0 Å². The van der Waals surface area contributed by atoms with Crippen LogP contribution in [0.5, 0.6) is 11.5 Å². The van der Waals surface area contributed by atoms with Gasteiger partial charge < -0.3 is 24.4 Å². The number of hydrogen-bond donors (Lipinski definition) is 1. The molecule has 170 valence electrons. The van der Waals surface area contributed by atoms with Gasteiger partial charge in [0.2, 0.25) is 0 Å². The minimum atomic E-state index is 0. The molecule has 30 heavy (non-hydrogen) atoms. The second-order valence-corrected chi connectivity index (χ2v) is 7.66. The van der Waals surface area contributed by atoms with E-state index in [1.165, 1.54) is 0 Å². The van der Waals surface area contributed by atoms with Crippen LogP contribution in [0.3, 0.4) is 0 Å². The fraction of sp³-hybridized carbons (Fsp3) is 0.667. The van der Waals surface area contributed by atoms with Crippen LogP contribution in [0, 0.1) is 0 Å². The number of nitrogens with zero attached hydrogens (tertiary/aromatic N) is 3. The molecule has 2 fully saturated rings. The van der Waals surface area contributed by atoms with Crippen LogP contribution in [0.25, 0.3) is 0 Å². The first kappa shape index (κ1) is 25.3. The summed E-state index contributed by atoms with van der Waals surface area (Å²) in [4.78, 5) is 9.77. The lowest BCUT2D eigenvalue weighted by Crippen LogP contribution is -2.46. The molecule has 1 unspecified atom stereocenters. The van der Waals surface area contributed by atoms with Gasteiger partial charge in [-0.1, -0.05) is 11.6 Å². The Bertz CT molecular complexity index is 701. The van der Waals surface area contributed by atoms with Gasteiger partial charge in [0, 0.05) is 38.8 Å². The summed E-state index contributed by atoms with van der Waals surface area (Å²) in [5.74, 6) is 2.18. The van der Waals surface area contributed by atoms with E-state index in [2.05, 4.69) is 22.0 Å². The van der Waals surface area contributed by atoms with Crippen LogP contribution in [0.4, 0.5) is 0 Å². The molecule has 2 heterocycles. The van der Waals surface area contributed by atoms with Crippen molar-refractivity contribution in [1.29, 1.82) is 0 Å². The Morgan fingerprint density at radius 3 is 2.70 bits per heavy atom. The van der Waals surface area contributed by atoms with Gasteiger partial charge in [0.15, 0.2) is 17.5 Å². The van der Waals surface area contributed by atoms with Gasteiger partial charge in [-0.2, -0.15) is 0 Å². The Kier molecular flexibility index (Phi) is 10.8. The quantitative estimate of drug-likeness (QED) is 0.319. The fourth-order valence-electron chi connectivity index (χ4n) is 3.92. The van der Waals surface area contributed by atoms with Crippen LogP contribution >= 0.6 is 35.6 Å². The van der Waals surface area contributed by atoms with Gasteiger partial charge in [0.25, 0.3) is 0 Å². The minimum Gasteiger partial charge on any atom is -0.493 e. The third-order valence-electron chi connectivity index (χ3n) is 5.35. The van der Waals surface area contributed by atoms with Gasteiger partial charge in [-0.3, -0.25) is 4.90 Å².